The smallest absolute Gasteiger partial charge is 0.336 e. The summed E-state index contributed by atoms with van der Waals surface area (Å²) in [6, 6.07) is 6.14. The lowest BCUT2D eigenvalue weighted by atomic mass is 10.1. The van der Waals surface area contributed by atoms with Crippen LogP contribution in [0.1, 0.15) is 22.1 Å². The maximum absolute atomic E-state index is 14.2. The van der Waals surface area contributed by atoms with Crippen LogP contribution in [0.4, 0.5) is 10.3 Å². The Morgan fingerprint density at radius 1 is 1.33 bits per heavy atom. The fraction of sp³-hybridized carbons (Fsp3) is 0.333. The molecule has 0 bridgehead atoms. The number of carbonyl (C=O) groups is 1. The molecule has 12 heteroatoms. The number of benzene rings is 1. The highest BCUT2D eigenvalue weighted by Crippen LogP contribution is 2.32. The maximum Gasteiger partial charge on any atom is 0.336 e. The van der Waals surface area contributed by atoms with Crippen LogP contribution in [0, 0.1) is 0 Å². The molecule has 0 aliphatic carbocycles. The fourth-order valence-corrected chi connectivity index (χ4v) is 3.56. The fourth-order valence-electron chi connectivity index (χ4n) is 3.56. The van der Waals surface area contributed by atoms with Gasteiger partial charge in [-0.1, -0.05) is 18.2 Å². The van der Waals surface area contributed by atoms with Gasteiger partial charge in [-0.15, -0.1) is 0 Å². The van der Waals surface area contributed by atoms with Gasteiger partial charge in [-0.25, -0.2) is 23.5 Å². The molecule has 30 heavy (non-hydrogen) atoms. The third kappa shape index (κ3) is 3.10. The topological polar surface area (TPSA) is 166 Å². The molecule has 2 aromatic heterocycles. The Kier molecular flexibility index (Phi) is 4.97. The minimum atomic E-state index is -1.92. The second-order valence-electron chi connectivity index (χ2n) is 6.82. The number of alkyl halides is 1. The predicted octanol–water partition coefficient (Wildman–Crippen LogP) is -0.490. The van der Waals surface area contributed by atoms with Gasteiger partial charge in [0.25, 0.3) is 0 Å². The number of carboxylic acid groups (broad SMARTS) is 1. The first-order chi connectivity index (χ1) is 14.3. The number of aromatic nitrogens is 4. The Morgan fingerprint density at radius 2 is 2.07 bits per heavy atom. The summed E-state index contributed by atoms with van der Waals surface area (Å²) in [5.74, 6) is -1.33. The zero-order chi connectivity index (χ0) is 21.6. The van der Waals surface area contributed by atoms with Gasteiger partial charge in [-0.05, 0) is 11.6 Å². The van der Waals surface area contributed by atoms with Gasteiger partial charge < -0.3 is 25.8 Å². The molecule has 4 rings (SSSR count). The zero-order valence-corrected chi connectivity index (χ0v) is 15.4. The highest BCUT2D eigenvalue weighted by Gasteiger charge is 2.46. The van der Waals surface area contributed by atoms with Crippen molar-refractivity contribution in [3.63, 3.8) is 0 Å². The van der Waals surface area contributed by atoms with Crippen LogP contribution >= 0.6 is 0 Å². The van der Waals surface area contributed by atoms with Crippen LogP contribution in [-0.4, -0.2) is 65.4 Å². The van der Waals surface area contributed by atoms with E-state index in [0.717, 1.165) is 4.57 Å². The molecule has 1 aliphatic heterocycles. The lowest BCUT2D eigenvalue weighted by Gasteiger charge is -2.15. The van der Waals surface area contributed by atoms with Gasteiger partial charge in [0.05, 0.1) is 24.9 Å². The molecule has 0 saturated carbocycles. The highest BCUT2D eigenvalue weighted by molar-refractivity contribution is 5.89. The summed E-state index contributed by atoms with van der Waals surface area (Å²) in [4.78, 5) is 32.6. The van der Waals surface area contributed by atoms with Crippen molar-refractivity contribution in [2.24, 2.45) is 0 Å². The average molecular weight is 419 g/mol. The number of nitrogens with zero attached hydrogens (tertiary/aromatic N) is 4. The molecule has 0 amide bonds. The van der Waals surface area contributed by atoms with Gasteiger partial charge in [0.1, 0.15) is 17.7 Å². The van der Waals surface area contributed by atoms with E-state index in [0.29, 0.717) is 5.56 Å². The Balaban J connectivity index is 1.88. The summed E-state index contributed by atoms with van der Waals surface area (Å²) in [5.41, 5.74) is 5.42. The number of fused-ring (bicyclic) bond motifs is 1. The molecule has 1 aliphatic rings. The summed E-state index contributed by atoms with van der Waals surface area (Å²) in [6.45, 7) is -0.839. The predicted molar refractivity (Wildman–Crippen MR) is 101 cm³/mol. The second kappa shape index (κ2) is 7.48. The van der Waals surface area contributed by atoms with Crippen molar-refractivity contribution < 1.29 is 29.2 Å². The van der Waals surface area contributed by atoms with Crippen LogP contribution in [0.2, 0.25) is 0 Å². The molecule has 0 unspecified atom stereocenters. The van der Waals surface area contributed by atoms with E-state index in [4.69, 9.17) is 10.5 Å². The van der Waals surface area contributed by atoms with E-state index in [1.165, 1.54) is 16.8 Å². The first-order valence-corrected chi connectivity index (χ1v) is 8.96. The molecule has 1 fully saturated rings. The van der Waals surface area contributed by atoms with Crippen molar-refractivity contribution in [1.82, 2.24) is 19.1 Å². The number of rotatable bonds is 5. The number of halogens is 1. The molecule has 3 heterocycles. The molecule has 5 N–H and O–H groups in total. The SMILES string of the molecule is Nc1ncc2c(n1)n([C@@H]1O[C@H](CO)[C@@H](F)[C@H]1O)c(=O)n2Cc1ccccc1C(=O)O. The van der Waals surface area contributed by atoms with Gasteiger partial charge in [-0.3, -0.25) is 4.57 Å². The molecule has 3 aromatic rings. The number of hydrogen-bond donors (Lipinski definition) is 4. The lowest BCUT2D eigenvalue weighted by Crippen LogP contribution is -2.34. The van der Waals surface area contributed by atoms with E-state index in [9.17, 15) is 29.3 Å². The zero-order valence-electron chi connectivity index (χ0n) is 15.4. The standard InChI is InChI=1S/C18H18FN5O6/c19-12-11(7-25)30-15(13(12)26)24-14-10(5-21-17(20)22-14)23(18(24)29)6-8-3-1-2-4-9(8)16(27)28/h1-5,11-13,15,25-26H,6-7H2,(H,27,28)(H2,20,21,22)/t11-,12-,13-,15-/m1/s1. The van der Waals surface area contributed by atoms with Crippen molar-refractivity contribution in [2.45, 2.75) is 31.2 Å². The van der Waals surface area contributed by atoms with Crippen molar-refractivity contribution >= 4 is 23.1 Å². The number of nitrogens with two attached hydrogens (primary N) is 1. The number of imidazole rings is 1. The minimum Gasteiger partial charge on any atom is -0.478 e. The van der Waals surface area contributed by atoms with Gasteiger partial charge >= 0.3 is 11.7 Å². The number of carboxylic acids is 1. The molecule has 0 spiro atoms. The largest absolute Gasteiger partial charge is 0.478 e. The van der Waals surface area contributed by atoms with Crippen molar-refractivity contribution in [3.8, 4) is 0 Å². The van der Waals surface area contributed by atoms with Gasteiger partial charge in [0, 0.05) is 0 Å². The highest BCUT2D eigenvalue weighted by atomic mass is 19.1. The normalized spacial score (nSPS) is 23.8. The number of nitrogen functional groups attached to an aromatic ring is 1. The summed E-state index contributed by atoms with van der Waals surface area (Å²) in [5, 5.41) is 28.9. The molecule has 158 valence electrons. The third-order valence-corrected chi connectivity index (χ3v) is 5.02. The molecule has 0 radical (unpaired) electrons. The van der Waals surface area contributed by atoms with E-state index in [1.54, 1.807) is 18.2 Å². The van der Waals surface area contributed by atoms with E-state index in [2.05, 4.69) is 9.97 Å². The monoisotopic (exact) mass is 419 g/mol. The Labute approximate surface area is 167 Å². The Morgan fingerprint density at radius 3 is 2.73 bits per heavy atom. The van der Waals surface area contributed by atoms with Gasteiger partial charge in [0.15, 0.2) is 18.0 Å². The molecule has 1 saturated heterocycles. The van der Waals surface area contributed by atoms with Crippen molar-refractivity contribution in [1.29, 1.82) is 0 Å². The number of aromatic carboxylic acids is 1. The third-order valence-electron chi connectivity index (χ3n) is 5.02. The quantitative estimate of drug-likeness (QED) is 0.427. The first kappa shape index (κ1) is 19.9. The van der Waals surface area contributed by atoms with Gasteiger partial charge in [-0.2, -0.15) is 4.98 Å². The van der Waals surface area contributed by atoms with Crippen LogP contribution in [0.5, 0.6) is 0 Å². The first-order valence-electron chi connectivity index (χ1n) is 8.96. The average Bonchev–Trinajstić information content (AvgIpc) is 3.15. The number of aliphatic hydroxyl groups excluding tert-OH is 2. The molecular weight excluding hydrogens is 401 g/mol. The maximum atomic E-state index is 14.2. The number of aliphatic hydroxyl groups is 2. The molecular formula is C18H18FN5O6. The van der Waals surface area contributed by atoms with Crippen molar-refractivity contribution in [2.75, 3.05) is 12.3 Å². The van der Waals surface area contributed by atoms with Crippen LogP contribution in [0.3, 0.4) is 0 Å². The molecule has 11 nitrogen and oxygen atoms in total. The number of ether oxygens (including phenoxy) is 1. The van der Waals surface area contributed by atoms with E-state index >= 15 is 0 Å². The van der Waals surface area contributed by atoms with Crippen LogP contribution < -0.4 is 11.4 Å². The second-order valence-corrected chi connectivity index (χ2v) is 6.82. The van der Waals surface area contributed by atoms with Crippen LogP contribution in [0.15, 0.2) is 35.3 Å². The minimum absolute atomic E-state index is 0.00276. The van der Waals surface area contributed by atoms with Crippen LogP contribution in [0.25, 0.3) is 11.2 Å². The van der Waals surface area contributed by atoms with Crippen LogP contribution in [-0.2, 0) is 11.3 Å². The molecule has 1 aromatic carbocycles. The molecule has 4 atom stereocenters. The van der Waals surface area contributed by atoms with E-state index < -0.39 is 42.9 Å². The van der Waals surface area contributed by atoms with Gasteiger partial charge in [0.2, 0.25) is 5.95 Å². The lowest BCUT2D eigenvalue weighted by molar-refractivity contribution is -0.0513. The summed E-state index contributed by atoms with van der Waals surface area (Å²) in [6.07, 6.45) is -5.16. The van der Waals surface area contributed by atoms with E-state index in [1.807, 2.05) is 0 Å². The summed E-state index contributed by atoms with van der Waals surface area (Å²) < 4.78 is 21.7. The van der Waals surface area contributed by atoms with E-state index in [-0.39, 0.29) is 29.2 Å². The Hall–Kier alpha value is -3.35. The summed E-state index contributed by atoms with van der Waals surface area (Å²) >= 11 is 0. The number of anilines is 1. The summed E-state index contributed by atoms with van der Waals surface area (Å²) in [7, 11) is 0. The van der Waals surface area contributed by atoms with Crippen molar-refractivity contribution in [3.05, 3.63) is 52.1 Å². The Bertz CT molecular complexity index is 1180. The number of hydrogen-bond acceptors (Lipinski definition) is 8.